The van der Waals surface area contributed by atoms with Gasteiger partial charge >= 0.3 is 5.97 Å². The van der Waals surface area contributed by atoms with Crippen LogP contribution in [-0.2, 0) is 21.5 Å². The quantitative estimate of drug-likeness (QED) is 0.929. The standard InChI is InChI=1S/C19H16ClNO3/c20-14-7-5-13(6-8-14)19(9-10-19)18(24)21-11-12-3-1-2-4-15(12)16(21)17(22)23/h1-8,16H,9-11H2,(H,22,23)/t16-/m0/s1. The van der Waals surface area contributed by atoms with Gasteiger partial charge in [-0.25, -0.2) is 4.79 Å². The summed E-state index contributed by atoms with van der Waals surface area (Å²) in [6, 6.07) is 13.8. The molecule has 0 spiro atoms. The molecule has 2 aromatic carbocycles. The normalized spacial score (nSPS) is 20.5. The topological polar surface area (TPSA) is 57.6 Å². The molecule has 1 N–H and O–H groups in total. The zero-order valence-corrected chi connectivity index (χ0v) is 13.7. The maximum Gasteiger partial charge on any atom is 0.331 e. The number of nitrogens with zero attached hydrogens (tertiary/aromatic N) is 1. The molecule has 2 aliphatic rings. The fourth-order valence-corrected chi connectivity index (χ4v) is 3.76. The highest BCUT2D eigenvalue weighted by molar-refractivity contribution is 6.30. The van der Waals surface area contributed by atoms with Gasteiger partial charge in [0.2, 0.25) is 5.91 Å². The molecule has 0 aromatic heterocycles. The van der Waals surface area contributed by atoms with E-state index in [1.807, 2.05) is 30.3 Å². The van der Waals surface area contributed by atoms with Crippen LogP contribution in [0.5, 0.6) is 0 Å². The maximum atomic E-state index is 13.2. The number of aliphatic carboxylic acids is 1. The van der Waals surface area contributed by atoms with Gasteiger partial charge in [0, 0.05) is 11.6 Å². The van der Waals surface area contributed by atoms with Gasteiger partial charge in [0.05, 0.1) is 5.41 Å². The van der Waals surface area contributed by atoms with Crippen LogP contribution in [0.2, 0.25) is 5.02 Å². The molecule has 4 nitrogen and oxygen atoms in total. The van der Waals surface area contributed by atoms with Gasteiger partial charge in [-0.15, -0.1) is 0 Å². The van der Waals surface area contributed by atoms with E-state index in [1.165, 1.54) is 4.90 Å². The summed E-state index contributed by atoms with van der Waals surface area (Å²) in [5, 5.41) is 10.3. The molecule has 1 aliphatic carbocycles. The number of benzene rings is 2. The Morgan fingerprint density at radius 3 is 2.38 bits per heavy atom. The van der Waals surface area contributed by atoms with E-state index in [-0.39, 0.29) is 5.91 Å². The molecule has 1 fully saturated rings. The Balaban J connectivity index is 1.70. The highest BCUT2D eigenvalue weighted by Gasteiger charge is 2.55. The molecule has 1 atom stereocenters. The summed E-state index contributed by atoms with van der Waals surface area (Å²) in [5.41, 5.74) is 1.94. The van der Waals surface area contributed by atoms with Crippen molar-refractivity contribution >= 4 is 23.5 Å². The number of hydrogen-bond donors (Lipinski definition) is 1. The van der Waals surface area contributed by atoms with E-state index in [2.05, 4.69) is 0 Å². The summed E-state index contributed by atoms with van der Waals surface area (Å²) >= 11 is 5.94. The minimum Gasteiger partial charge on any atom is -0.479 e. The molecule has 2 aromatic rings. The lowest BCUT2D eigenvalue weighted by Crippen LogP contribution is -2.40. The second-order valence-electron chi connectivity index (χ2n) is 6.46. The van der Waals surface area contributed by atoms with E-state index < -0.39 is 17.4 Å². The fourth-order valence-electron chi connectivity index (χ4n) is 3.64. The Morgan fingerprint density at radius 1 is 1.08 bits per heavy atom. The van der Waals surface area contributed by atoms with Crippen LogP contribution < -0.4 is 0 Å². The van der Waals surface area contributed by atoms with E-state index >= 15 is 0 Å². The fraction of sp³-hybridized carbons (Fsp3) is 0.263. The molecule has 1 heterocycles. The zero-order chi connectivity index (χ0) is 16.9. The van der Waals surface area contributed by atoms with Crippen LogP contribution in [0.25, 0.3) is 0 Å². The van der Waals surface area contributed by atoms with Gasteiger partial charge in [-0.3, -0.25) is 4.79 Å². The largest absolute Gasteiger partial charge is 0.479 e. The predicted octanol–water partition coefficient (Wildman–Crippen LogP) is 3.54. The van der Waals surface area contributed by atoms with Gasteiger partial charge < -0.3 is 10.0 Å². The number of carbonyl (C=O) groups excluding carboxylic acids is 1. The number of amides is 1. The van der Waals surface area contributed by atoms with Gasteiger partial charge in [0.25, 0.3) is 0 Å². The van der Waals surface area contributed by atoms with Gasteiger partial charge in [-0.2, -0.15) is 0 Å². The van der Waals surface area contributed by atoms with Crippen LogP contribution in [0.1, 0.15) is 35.6 Å². The van der Waals surface area contributed by atoms with Crippen molar-refractivity contribution in [3.8, 4) is 0 Å². The van der Waals surface area contributed by atoms with Crippen molar-refractivity contribution in [2.75, 3.05) is 0 Å². The smallest absolute Gasteiger partial charge is 0.331 e. The molecular weight excluding hydrogens is 326 g/mol. The molecule has 0 radical (unpaired) electrons. The number of carboxylic acid groups (broad SMARTS) is 1. The van der Waals surface area contributed by atoms with E-state index in [9.17, 15) is 14.7 Å². The number of hydrogen-bond acceptors (Lipinski definition) is 2. The van der Waals surface area contributed by atoms with Crippen molar-refractivity contribution < 1.29 is 14.7 Å². The highest BCUT2D eigenvalue weighted by Crippen LogP contribution is 2.52. The van der Waals surface area contributed by atoms with Crippen LogP contribution in [0.4, 0.5) is 0 Å². The Morgan fingerprint density at radius 2 is 1.75 bits per heavy atom. The average molecular weight is 342 g/mol. The molecule has 0 bridgehead atoms. The monoisotopic (exact) mass is 341 g/mol. The first-order chi connectivity index (χ1) is 11.5. The summed E-state index contributed by atoms with van der Waals surface area (Å²) in [6.07, 6.45) is 1.49. The molecule has 0 unspecified atom stereocenters. The Kier molecular flexibility index (Phi) is 3.39. The zero-order valence-electron chi connectivity index (χ0n) is 12.9. The molecule has 5 heteroatoms. The van der Waals surface area contributed by atoms with Gasteiger partial charge in [-0.05, 0) is 41.7 Å². The molecule has 4 rings (SSSR count). The van der Waals surface area contributed by atoms with Crippen molar-refractivity contribution in [2.24, 2.45) is 0 Å². The highest BCUT2D eigenvalue weighted by atomic mass is 35.5. The lowest BCUT2D eigenvalue weighted by Gasteiger charge is -2.27. The van der Waals surface area contributed by atoms with Gasteiger partial charge in [0.1, 0.15) is 0 Å². The summed E-state index contributed by atoms with van der Waals surface area (Å²) in [6.45, 7) is 0.349. The molecule has 0 saturated heterocycles. The first kappa shape index (κ1) is 15.2. The second-order valence-corrected chi connectivity index (χ2v) is 6.90. The Bertz CT molecular complexity index is 827. The molecule has 1 amide bonds. The van der Waals surface area contributed by atoms with Crippen molar-refractivity contribution in [3.05, 3.63) is 70.2 Å². The van der Waals surface area contributed by atoms with Gasteiger partial charge in [0.15, 0.2) is 6.04 Å². The van der Waals surface area contributed by atoms with Crippen LogP contribution >= 0.6 is 11.6 Å². The number of carboxylic acids is 1. The molecule has 1 saturated carbocycles. The van der Waals surface area contributed by atoms with Crippen molar-refractivity contribution in [3.63, 3.8) is 0 Å². The first-order valence-electron chi connectivity index (χ1n) is 7.91. The van der Waals surface area contributed by atoms with Crippen LogP contribution in [-0.4, -0.2) is 21.9 Å². The third-order valence-electron chi connectivity index (χ3n) is 5.05. The maximum absolute atomic E-state index is 13.2. The van der Waals surface area contributed by atoms with E-state index in [0.717, 1.165) is 24.0 Å². The third-order valence-corrected chi connectivity index (χ3v) is 5.30. The summed E-state index contributed by atoms with van der Waals surface area (Å²) in [5.74, 6) is -1.09. The summed E-state index contributed by atoms with van der Waals surface area (Å²) in [7, 11) is 0. The van der Waals surface area contributed by atoms with Gasteiger partial charge in [-0.1, -0.05) is 48.0 Å². The molecule has 1 aliphatic heterocycles. The summed E-state index contributed by atoms with van der Waals surface area (Å²) in [4.78, 5) is 26.5. The van der Waals surface area contributed by atoms with E-state index in [0.29, 0.717) is 17.1 Å². The predicted molar refractivity (Wildman–Crippen MR) is 89.7 cm³/mol. The van der Waals surface area contributed by atoms with Crippen molar-refractivity contribution in [1.82, 2.24) is 4.90 Å². The number of carbonyl (C=O) groups is 2. The molecule has 24 heavy (non-hydrogen) atoms. The number of halogens is 1. The Hall–Kier alpha value is -2.33. The number of fused-ring (bicyclic) bond motifs is 1. The van der Waals surface area contributed by atoms with Crippen molar-refractivity contribution in [2.45, 2.75) is 30.8 Å². The molecular formula is C19H16ClNO3. The SMILES string of the molecule is O=C(O)[C@@H]1c2ccccc2CN1C(=O)C1(c2ccc(Cl)cc2)CC1. The average Bonchev–Trinajstić information content (AvgIpc) is 3.28. The van der Waals surface area contributed by atoms with Crippen LogP contribution in [0.15, 0.2) is 48.5 Å². The number of rotatable bonds is 3. The lowest BCUT2D eigenvalue weighted by molar-refractivity contribution is -0.151. The minimum absolute atomic E-state index is 0.103. The van der Waals surface area contributed by atoms with E-state index in [4.69, 9.17) is 11.6 Å². The second kappa shape index (κ2) is 5.35. The van der Waals surface area contributed by atoms with Crippen LogP contribution in [0.3, 0.4) is 0 Å². The summed E-state index contributed by atoms with van der Waals surface area (Å²) < 4.78 is 0. The Labute approximate surface area is 144 Å². The third kappa shape index (κ3) is 2.21. The molecule has 122 valence electrons. The lowest BCUT2D eigenvalue weighted by atomic mass is 9.94. The van der Waals surface area contributed by atoms with Crippen LogP contribution in [0, 0.1) is 0 Å². The first-order valence-corrected chi connectivity index (χ1v) is 8.28. The minimum atomic E-state index is -0.986. The van der Waals surface area contributed by atoms with E-state index in [1.54, 1.807) is 18.2 Å². The van der Waals surface area contributed by atoms with Crippen molar-refractivity contribution in [1.29, 1.82) is 0 Å².